The molecule has 1 aliphatic heterocycles. The van der Waals surface area contributed by atoms with Crippen molar-refractivity contribution in [3.05, 3.63) is 118 Å². The molecule has 0 radical (unpaired) electrons. The van der Waals surface area contributed by atoms with E-state index in [1.54, 1.807) is 36.5 Å². The molecule has 4 aliphatic rings. The summed E-state index contributed by atoms with van der Waals surface area (Å²) in [5, 5.41) is 0. The van der Waals surface area contributed by atoms with Crippen LogP contribution in [0.5, 0.6) is 11.5 Å². The Bertz CT molecular complexity index is 1720. The van der Waals surface area contributed by atoms with Gasteiger partial charge in [0.05, 0.1) is 0 Å². The number of ether oxygens (including phenoxy) is 2. The van der Waals surface area contributed by atoms with Crippen LogP contribution in [0.25, 0.3) is 34.4 Å². The van der Waals surface area contributed by atoms with Crippen molar-refractivity contribution in [1.82, 2.24) is 0 Å². The number of benzene rings is 4. The number of rotatable bonds is 10. The molecule has 5 heteroatoms. The van der Waals surface area contributed by atoms with Gasteiger partial charge in [-0.25, -0.2) is 0 Å². The first-order valence-electron chi connectivity index (χ1n) is 18.1. The molecule has 4 aromatic rings. The Morgan fingerprint density at radius 1 is 0.571 bits per heavy atom. The van der Waals surface area contributed by atoms with Crippen molar-refractivity contribution in [3.8, 4) is 33.8 Å². The first-order chi connectivity index (χ1) is 23.1. The van der Waals surface area contributed by atoms with Gasteiger partial charge in [-0.3, -0.25) is 0 Å². The van der Waals surface area contributed by atoms with Crippen LogP contribution in [0.2, 0.25) is 8.45 Å². The van der Waals surface area contributed by atoms with E-state index in [0.717, 1.165) is 19.9 Å². The Hall–Kier alpha value is -2.75. The van der Waals surface area contributed by atoms with E-state index in [9.17, 15) is 0 Å². The zero-order chi connectivity index (χ0) is 32.1. The van der Waals surface area contributed by atoms with Crippen LogP contribution in [0.4, 0.5) is 0 Å². The third-order valence-corrected chi connectivity index (χ3v) is 22.9. The summed E-state index contributed by atoms with van der Waals surface area (Å²) in [4.78, 5) is 0. The molecular weight excluding hydrogens is 679 g/mol. The minimum Gasteiger partial charge on any atom is -1.00 e. The molecule has 0 aromatic heterocycles. The summed E-state index contributed by atoms with van der Waals surface area (Å²) < 4.78 is 14.3. The van der Waals surface area contributed by atoms with Crippen molar-refractivity contribution in [2.75, 3.05) is 14.2 Å². The summed E-state index contributed by atoms with van der Waals surface area (Å²) in [6.07, 6.45) is 16.0. The summed E-state index contributed by atoms with van der Waals surface area (Å²) in [6.45, 7) is 4.78. The van der Waals surface area contributed by atoms with E-state index in [1.807, 2.05) is 0 Å². The number of fused-ring (bicyclic) bond motifs is 3. The van der Waals surface area contributed by atoms with Crippen LogP contribution in [0.15, 0.2) is 96.1 Å². The van der Waals surface area contributed by atoms with Gasteiger partial charge < -0.3 is 24.8 Å². The van der Waals surface area contributed by atoms with E-state index < -0.39 is 16.6 Å². The predicted octanol–water partition coefficient (Wildman–Crippen LogP) is 6.54. The van der Waals surface area contributed by atoms with Gasteiger partial charge in [-0.05, 0) is 0 Å². The molecule has 1 heterocycles. The van der Waals surface area contributed by atoms with Gasteiger partial charge in [0, 0.05) is 0 Å². The Balaban J connectivity index is 0.00000208. The fourth-order valence-electron chi connectivity index (χ4n) is 10.4. The average Bonchev–Trinajstić information content (AvgIpc) is 3.38. The Kier molecular flexibility index (Phi) is 10.9. The second-order valence-electron chi connectivity index (χ2n) is 14.4. The van der Waals surface area contributed by atoms with Gasteiger partial charge >= 0.3 is 287 Å². The molecule has 4 unspecified atom stereocenters. The van der Waals surface area contributed by atoms with Gasteiger partial charge in [0.25, 0.3) is 0 Å². The third kappa shape index (κ3) is 5.85. The Morgan fingerprint density at radius 3 is 1.35 bits per heavy atom. The summed E-state index contributed by atoms with van der Waals surface area (Å²) >= 11 is -2.70. The molecule has 49 heavy (non-hydrogen) atoms. The molecule has 1 saturated carbocycles. The topological polar surface area (TPSA) is 18.5 Å². The quantitative estimate of drug-likeness (QED) is 0.173. The maximum absolute atomic E-state index is 5.52. The van der Waals surface area contributed by atoms with E-state index in [0.29, 0.717) is 8.45 Å². The van der Waals surface area contributed by atoms with Crippen LogP contribution < -0.4 is 34.3 Å². The molecule has 0 N–H and O–H groups in total. The van der Waals surface area contributed by atoms with Crippen molar-refractivity contribution in [1.29, 1.82) is 0 Å². The zero-order valence-corrected chi connectivity index (χ0v) is 32.3. The summed E-state index contributed by atoms with van der Waals surface area (Å²) in [7, 11) is 3.51. The van der Waals surface area contributed by atoms with Crippen molar-refractivity contribution in [2.45, 2.75) is 82.1 Å². The Morgan fingerprint density at radius 2 is 0.980 bits per heavy atom. The predicted molar refractivity (Wildman–Crippen MR) is 194 cm³/mol. The molecule has 1 saturated heterocycles. The van der Waals surface area contributed by atoms with E-state index >= 15 is 0 Å². The SMILES string of the molecule is CCCC1=Cc2c(-c3ccc(OC)cc3)cccc2[CH]1[Ti+2]1([CH]2C(CCC)=Cc3c(-c4ccc(OC)cc4)cccc32)[CH]2CCCC[CH]21.[Cl-].[Cl-]. The smallest absolute Gasteiger partial charge is 1.00 e. The molecular formula is C44H48Cl2O2Ti. The van der Waals surface area contributed by atoms with Gasteiger partial charge in [0.1, 0.15) is 0 Å². The fraction of sp³-hybridized carbons (Fsp3) is 0.364. The van der Waals surface area contributed by atoms with Gasteiger partial charge in [0.15, 0.2) is 0 Å². The first kappa shape index (κ1) is 36.1. The molecule has 4 atom stereocenters. The molecule has 2 fully saturated rings. The third-order valence-electron chi connectivity index (χ3n) is 12.1. The number of hydrogen-bond donors (Lipinski definition) is 0. The second-order valence-corrected chi connectivity index (χ2v) is 21.6. The first-order valence-corrected chi connectivity index (χ1v) is 21.7. The fourth-order valence-corrected chi connectivity index (χ4v) is 24.6. The second kappa shape index (κ2) is 14.8. The zero-order valence-electron chi connectivity index (χ0n) is 29.3. The average molecular weight is 728 g/mol. The summed E-state index contributed by atoms with van der Waals surface area (Å²) in [6, 6.07) is 32.0. The van der Waals surface area contributed by atoms with Gasteiger partial charge in [-0.2, -0.15) is 0 Å². The Labute approximate surface area is 309 Å². The van der Waals surface area contributed by atoms with Crippen molar-refractivity contribution in [2.24, 2.45) is 0 Å². The molecule has 4 aromatic carbocycles. The van der Waals surface area contributed by atoms with Crippen LogP contribution in [0.3, 0.4) is 0 Å². The van der Waals surface area contributed by atoms with Gasteiger partial charge in [0.2, 0.25) is 0 Å². The number of halogens is 2. The molecule has 0 spiro atoms. The minimum atomic E-state index is -2.70. The van der Waals surface area contributed by atoms with Crippen LogP contribution in [-0.2, 0) is 16.6 Å². The van der Waals surface area contributed by atoms with E-state index in [2.05, 4.69) is 111 Å². The standard InChI is InChI=1S/2C19H19O.C6H10.2ClH.Ti/c2*1-3-5-14-12-16-6-4-7-18(19(16)13-14)15-8-10-17(20-2)11-9-15;1-2-4-6-5-3-1;;;/h2*4,6-13H,3,5H2,1-2H3;1-2H,3-6H2;2*1H;/q;;;;;+2/p-2. The van der Waals surface area contributed by atoms with Crippen LogP contribution in [0, 0.1) is 0 Å². The monoisotopic (exact) mass is 726 g/mol. The largest absolute Gasteiger partial charge is 1.00 e. The van der Waals surface area contributed by atoms with Crippen molar-refractivity contribution in [3.63, 3.8) is 0 Å². The van der Waals surface area contributed by atoms with E-state index in [-0.39, 0.29) is 24.8 Å². The summed E-state index contributed by atoms with van der Waals surface area (Å²) in [5.74, 6) is 1.84. The van der Waals surface area contributed by atoms with E-state index in [4.69, 9.17) is 9.47 Å². The molecule has 2 nitrogen and oxygen atoms in total. The number of methoxy groups -OCH3 is 2. The van der Waals surface area contributed by atoms with Gasteiger partial charge in [-0.15, -0.1) is 0 Å². The van der Waals surface area contributed by atoms with Gasteiger partial charge in [-0.1, -0.05) is 0 Å². The molecule has 3 aliphatic carbocycles. The van der Waals surface area contributed by atoms with Crippen molar-refractivity contribution < 1.29 is 50.9 Å². The molecule has 0 amide bonds. The molecule has 8 rings (SSSR count). The summed E-state index contributed by atoms with van der Waals surface area (Å²) in [5.41, 5.74) is 15.2. The van der Waals surface area contributed by atoms with Crippen molar-refractivity contribution >= 4 is 12.2 Å². The maximum Gasteiger partial charge on any atom is -1.00 e. The van der Waals surface area contributed by atoms with Crippen LogP contribution in [0.1, 0.15) is 95.9 Å². The van der Waals surface area contributed by atoms with Crippen LogP contribution >= 0.6 is 0 Å². The normalized spacial score (nSPS) is 23.0. The molecule has 254 valence electrons. The maximum atomic E-state index is 5.52. The minimum absolute atomic E-state index is 0. The van der Waals surface area contributed by atoms with Crippen LogP contribution in [-0.4, -0.2) is 14.2 Å². The number of allylic oxidation sites excluding steroid dienone is 2. The number of hydrogen-bond acceptors (Lipinski definition) is 2. The molecule has 0 bridgehead atoms. The van der Waals surface area contributed by atoms with E-state index in [1.165, 1.54) is 84.7 Å².